The molecule has 2 fully saturated rings. The molecule has 62 valence electrons. The summed E-state index contributed by atoms with van der Waals surface area (Å²) in [4.78, 5) is 10.8. The van der Waals surface area contributed by atoms with Crippen LogP contribution in [0.15, 0.2) is 0 Å². The van der Waals surface area contributed by atoms with Gasteiger partial charge in [-0.15, -0.1) is 0 Å². The number of cyclic esters (lactones) is 1. The monoisotopic (exact) mass is 156 g/mol. The maximum absolute atomic E-state index is 10.8. The van der Waals surface area contributed by atoms with E-state index < -0.39 is 0 Å². The number of rotatable bonds is 0. The van der Waals surface area contributed by atoms with E-state index in [1.807, 2.05) is 0 Å². The molecule has 2 rings (SSSR count). The second-order valence-electron chi connectivity index (χ2n) is 3.53. The van der Waals surface area contributed by atoms with Crippen molar-refractivity contribution >= 4 is 5.97 Å². The molecular formula is C8H12O3. The fourth-order valence-electron chi connectivity index (χ4n) is 2.11. The van der Waals surface area contributed by atoms with Crippen LogP contribution in [0.2, 0.25) is 0 Å². The third-order valence-electron chi connectivity index (χ3n) is 2.70. The van der Waals surface area contributed by atoms with Gasteiger partial charge in [0.25, 0.3) is 0 Å². The van der Waals surface area contributed by atoms with Crippen LogP contribution in [-0.4, -0.2) is 23.8 Å². The lowest BCUT2D eigenvalue weighted by atomic mass is 9.92. The Balaban J connectivity index is 2.02. The zero-order valence-corrected chi connectivity index (χ0v) is 6.32. The Morgan fingerprint density at radius 3 is 2.91 bits per heavy atom. The van der Waals surface area contributed by atoms with Crippen molar-refractivity contribution in [3.8, 4) is 0 Å². The van der Waals surface area contributed by atoms with Crippen molar-refractivity contribution in [2.45, 2.75) is 25.4 Å². The van der Waals surface area contributed by atoms with Gasteiger partial charge in [0.05, 0.1) is 12.7 Å². The first-order valence-electron chi connectivity index (χ1n) is 4.09. The molecule has 1 aliphatic carbocycles. The fraction of sp³-hybridized carbons (Fsp3) is 0.875. The van der Waals surface area contributed by atoms with Crippen LogP contribution in [0.5, 0.6) is 0 Å². The number of esters is 1. The number of hydrogen-bond acceptors (Lipinski definition) is 3. The van der Waals surface area contributed by atoms with Crippen LogP contribution in [0.1, 0.15) is 19.3 Å². The summed E-state index contributed by atoms with van der Waals surface area (Å²) in [6.07, 6.45) is 1.93. The molecule has 3 atom stereocenters. The Bertz CT molecular complexity index is 178. The van der Waals surface area contributed by atoms with Crippen LogP contribution in [0.4, 0.5) is 0 Å². The molecule has 0 spiro atoms. The minimum absolute atomic E-state index is 0.0969. The molecule has 1 heterocycles. The molecule has 1 saturated heterocycles. The van der Waals surface area contributed by atoms with Crippen molar-refractivity contribution in [1.82, 2.24) is 0 Å². The van der Waals surface area contributed by atoms with E-state index >= 15 is 0 Å². The van der Waals surface area contributed by atoms with Crippen molar-refractivity contribution in [1.29, 1.82) is 0 Å². The highest BCUT2D eigenvalue weighted by atomic mass is 16.5. The summed E-state index contributed by atoms with van der Waals surface area (Å²) < 4.78 is 4.89. The van der Waals surface area contributed by atoms with E-state index in [1.165, 1.54) is 0 Å². The minimum Gasteiger partial charge on any atom is -0.465 e. The zero-order valence-electron chi connectivity index (χ0n) is 6.32. The summed E-state index contributed by atoms with van der Waals surface area (Å²) in [6, 6.07) is 0. The molecule has 0 aromatic carbocycles. The molecule has 3 heteroatoms. The molecule has 0 bridgehead atoms. The van der Waals surface area contributed by atoms with Crippen LogP contribution >= 0.6 is 0 Å². The van der Waals surface area contributed by atoms with Crippen molar-refractivity contribution in [2.75, 3.05) is 6.61 Å². The average molecular weight is 156 g/mol. The summed E-state index contributed by atoms with van der Waals surface area (Å²) in [7, 11) is 0. The van der Waals surface area contributed by atoms with E-state index in [9.17, 15) is 9.90 Å². The summed E-state index contributed by atoms with van der Waals surface area (Å²) in [5.41, 5.74) is 0. The number of aliphatic hydroxyl groups is 1. The lowest BCUT2D eigenvalue weighted by Crippen LogP contribution is -2.26. The number of carbonyl (C=O) groups is 1. The minimum atomic E-state index is -0.195. The van der Waals surface area contributed by atoms with Gasteiger partial charge in [0, 0.05) is 6.42 Å². The van der Waals surface area contributed by atoms with Gasteiger partial charge in [0.15, 0.2) is 0 Å². The largest absolute Gasteiger partial charge is 0.465 e. The number of carbonyl (C=O) groups excluding carboxylic acids is 1. The molecule has 3 nitrogen and oxygen atoms in total. The average Bonchev–Trinajstić information content (AvgIpc) is 2.27. The van der Waals surface area contributed by atoms with Crippen LogP contribution in [0, 0.1) is 11.8 Å². The van der Waals surface area contributed by atoms with Gasteiger partial charge in [-0.1, -0.05) is 0 Å². The molecule has 0 radical (unpaired) electrons. The highest BCUT2D eigenvalue weighted by Gasteiger charge is 2.38. The summed E-state index contributed by atoms with van der Waals surface area (Å²) in [6.45, 7) is 0.528. The van der Waals surface area contributed by atoms with Gasteiger partial charge in [-0.2, -0.15) is 0 Å². The Morgan fingerprint density at radius 2 is 2.09 bits per heavy atom. The smallest absolute Gasteiger partial charge is 0.306 e. The zero-order chi connectivity index (χ0) is 7.84. The van der Waals surface area contributed by atoms with Crippen molar-refractivity contribution < 1.29 is 14.6 Å². The fourth-order valence-corrected chi connectivity index (χ4v) is 2.11. The van der Waals surface area contributed by atoms with Gasteiger partial charge in [0.2, 0.25) is 0 Å². The van der Waals surface area contributed by atoms with Gasteiger partial charge >= 0.3 is 5.97 Å². The van der Waals surface area contributed by atoms with E-state index in [1.54, 1.807) is 0 Å². The van der Waals surface area contributed by atoms with Crippen LogP contribution in [0.3, 0.4) is 0 Å². The maximum Gasteiger partial charge on any atom is 0.306 e. The lowest BCUT2D eigenvalue weighted by Gasteiger charge is -2.23. The second kappa shape index (κ2) is 2.48. The van der Waals surface area contributed by atoms with E-state index in [0.717, 1.165) is 12.8 Å². The highest BCUT2D eigenvalue weighted by molar-refractivity contribution is 5.70. The van der Waals surface area contributed by atoms with Gasteiger partial charge in [-0.3, -0.25) is 4.79 Å². The predicted octanol–water partition coefficient (Wildman–Crippen LogP) is 0.320. The van der Waals surface area contributed by atoms with Gasteiger partial charge < -0.3 is 9.84 Å². The Labute approximate surface area is 65.4 Å². The third kappa shape index (κ3) is 1.25. The van der Waals surface area contributed by atoms with Crippen molar-refractivity contribution in [3.63, 3.8) is 0 Å². The maximum atomic E-state index is 10.8. The van der Waals surface area contributed by atoms with Gasteiger partial charge in [-0.05, 0) is 24.7 Å². The Hall–Kier alpha value is -0.570. The molecule has 1 aliphatic heterocycles. The van der Waals surface area contributed by atoms with E-state index in [4.69, 9.17) is 4.74 Å². The molecule has 2 aliphatic rings. The van der Waals surface area contributed by atoms with Gasteiger partial charge in [0.1, 0.15) is 0 Å². The third-order valence-corrected chi connectivity index (χ3v) is 2.70. The number of aliphatic hydroxyl groups excluding tert-OH is 1. The molecule has 1 N–H and O–H groups in total. The van der Waals surface area contributed by atoms with Crippen LogP contribution in [0.25, 0.3) is 0 Å². The predicted molar refractivity (Wildman–Crippen MR) is 37.8 cm³/mol. The Morgan fingerprint density at radius 1 is 1.36 bits per heavy atom. The van der Waals surface area contributed by atoms with E-state index in [0.29, 0.717) is 24.9 Å². The second-order valence-corrected chi connectivity index (χ2v) is 3.53. The van der Waals surface area contributed by atoms with Crippen LogP contribution in [-0.2, 0) is 9.53 Å². The van der Waals surface area contributed by atoms with E-state index in [-0.39, 0.29) is 12.1 Å². The van der Waals surface area contributed by atoms with E-state index in [2.05, 4.69) is 0 Å². The highest BCUT2D eigenvalue weighted by Crippen LogP contribution is 2.37. The molecular weight excluding hydrogens is 144 g/mol. The normalized spacial score (nSPS) is 43.4. The molecule has 0 aromatic rings. The lowest BCUT2D eigenvalue weighted by molar-refractivity contribution is -0.151. The summed E-state index contributed by atoms with van der Waals surface area (Å²) in [5.74, 6) is 0.731. The van der Waals surface area contributed by atoms with Crippen molar-refractivity contribution in [2.24, 2.45) is 11.8 Å². The first kappa shape index (κ1) is 7.10. The number of ether oxygens (including phenoxy) is 1. The summed E-state index contributed by atoms with van der Waals surface area (Å²) in [5, 5.41) is 9.28. The molecule has 0 amide bonds. The topological polar surface area (TPSA) is 46.5 Å². The summed E-state index contributed by atoms with van der Waals surface area (Å²) >= 11 is 0. The number of fused-ring (bicyclic) bond motifs is 1. The molecule has 0 aromatic heterocycles. The number of hydrogen-bond donors (Lipinski definition) is 1. The van der Waals surface area contributed by atoms with Crippen molar-refractivity contribution in [3.05, 3.63) is 0 Å². The standard InChI is InChI=1S/C8H12O3/c9-7-1-5-3-8(10)11-4-6(5)2-7/h5-7,9H,1-4H2/t5-,6+,7-/m1/s1. The first-order chi connectivity index (χ1) is 5.25. The first-order valence-corrected chi connectivity index (χ1v) is 4.09. The van der Waals surface area contributed by atoms with Gasteiger partial charge in [-0.25, -0.2) is 0 Å². The molecule has 11 heavy (non-hydrogen) atoms. The Kier molecular flexibility index (Phi) is 1.60. The quantitative estimate of drug-likeness (QED) is 0.514. The van der Waals surface area contributed by atoms with Crippen LogP contribution < -0.4 is 0 Å². The molecule has 0 unspecified atom stereocenters. The molecule has 1 saturated carbocycles. The SMILES string of the molecule is O=C1C[C@H]2C[C@@H](O)C[C@H]2CO1.